The van der Waals surface area contributed by atoms with Gasteiger partial charge in [-0.1, -0.05) is 42.5 Å². The molecule has 23 heavy (non-hydrogen) atoms. The Balaban J connectivity index is 2.09. The van der Waals surface area contributed by atoms with Crippen LogP contribution in [0.25, 0.3) is 11.1 Å². The summed E-state index contributed by atoms with van der Waals surface area (Å²) in [5.74, 6) is -0.518. The molecule has 0 aliphatic carbocycles. The Morgan fingerprint density at radius 1 is 1.04 bits per heavy atom. The number of rotatable bonds is 2. The highest BCUT2D eigenvalue weighted by atomic mass is 19.4. The molecule has 2 aromatic rings. The van der Waals surface area contributed by atoms with Gasteiger partial charge in [0.05, 0.1) is 11.8 Å². The van der Waals surface area contributed by atoms with Crippen molar-refractivity contribution < 1.29 is 18.0 Å². The second-order valence-corrected chi connectivity index (χ2v) is 6.09. The van der Waals surface area contributed by atoms with Crippen molar-refractivity contribution in [1.29, 1.82) is 0 Å². The van der Waals surface area contributed by atoms with Gasteiger partial charge >= 0.3 is 6.18 Å². The number of halogens is 3. The first-order valence-corrected chi connectivity index (χ1v) is 7.27. The Morgan fingerprint density at radius 2 is 1.70 bits per heavy atom. The Labute approximate surface area is 132 Å². The summed E-state index contributed by atoms with van der Waals surface area (Å²) in [7, 11) is 1.53. The van der Waals surface area contributed by atoms with E-state index in [-0.39, 0.29) is 0 Å². The Bertz CT molecular complexity index is 755. The van der Waals surface area contributed by atoms with Crippen LogP contribution in [-0.4, -0.2) is 19.1 Å². The first-order chi connectivity index (χ1) is 10.7. The molecular formula is C18H16F3NO. The molecule has 0 aromatic heterocycles. The quantitative estimate of drug-likeness (QED) is 0.796. The molecular weight excluding hydrogens is 303 g/mol. The Hall–Kier alpha value is -2.30. The van der Waals surface area contributed by atoms with Crippen molar-refractivity contribution in [1.82, 2.24) is 0 Å². The lowest BCUT2D eigenvalue weighted by molar-refractivity contribution is -0.154. The van der Waals surface area contributed by atoms with Crippen molar-refractivity contribution in [2.24, 2.45) is 0 Å². The van der Waals surface area contributed by atoms with E-state index in [9.17, 15) is 18.0 Å². The third-order valence-corrected chi connectivity index (χ3v) is 4.39. The fourth-order valence-corrected chi connectivity index (χ4v) is 3.25. The van der Waals surface area contributed by atoms with Gasteiger partial charge in [-0.25, -0.2) is 0 Å². The molecule has 0 spiro atoms. The number of likely N-dealkylation sites (N-methyl/N-ethyl adjacent to an activating group) is 1. The smallest absolute Gasteiger partial charge is 0.314 e. The monoisotopic (exact) mass is 319 g/mol. The highest BCUT2D eigenvalue weighted by Gasteiger charge is 2.52. The molecule has 1 amide bonds. The maximum Gasteiger partial charge on any atom is 0.390 e. The number of hydrogen-bond acceptors (Lipinski definition) is 1. The van der Waals surface area contributed by atoms with E-state index in [1.54, 1.807) is 18.2 Å². The zero-order chi connectivity index (χ0) is 16.8. The van der Waals surface area contributed by atoms with E-state index < -0.39 is 23.9 Å². The van der Waals surface area contributed by atoms with Gasteiger partial charge in [0.25, 0.3) is 0 Å². The fourth-order valence-electron chi connectivity index (χ4n) is 3.25. The summed E-state index contributed by atoms with van der Waals surface area (Å²) in [5.41, 5.74) is 1.25. The van der Waals surface area contributed by atoms with E-state index in [2.05, 4.69) is 0 Å². The molecule has 0 radical (unpaired) electrons. The molecule has 0 saturated carbocycles. The van der Waals surface area contributed by atoms with Gasteiger partial charge in [0.15, 0.2) is 0 Å². The molecule has 0 N–H and O–H groups in total. The molecule has 1 atom stereocenters. The van der Waals surface area contributed by atoms with Crippen LogP contribution in [0.4, 0.5) is 18.9 Å². The second-order valence-electron chi connectivity index (χ2n) is 6.09. The zero-order valence-electron chi connectivity index (χ0n) is 12.8. The predicted molar refractivity (Wildman–Crippen MR) is 83.3 cm³/mol. The highest BCUT2D eigenvalue weighted by molar-refractivity contribution is 6.08. The van der Waals surface area contributed by atoms with Crippen LogP contribution in [0.3, 0.4) is 0 Å². The summed E-state index contributed by atoms with van der Waals surface area (Å²) in [6.07, 6.45) is -5.55. The van der Waals surface area contributed by atoms with Crippen LogP contribution in [0, 0.1) is 0 Å². The predicted octanol–water partition coefficient (Wildman–Crippen LogP) is 4.54. The number of hydrogen-bond donors (Lipinski definition) is 0. The number of nitrogens with zero attached hydrogens (tertiary/aromatic N) is 1. The third kappa shape index (κ3) is 2.60. The second kappa shape index (κ2) is 5.11. The SMILES string of the molecule is CN1C(=O)C(C)(CC(F)(F)F)c2ccc(-c3ccccc3)cc21. The molecule has 3 rings (SSSR count). The standard InChI is InChI=1S/C18H16F3NO/c1-17(11-18(19,20)21)14-9-8-13(12-6-4-3-5-7-12)10-15(14)22(2)16(17)23/h3-10H,11H2,1-2H3. The first-order valence-electron chi connectivity index (χ1n) is 7.27. The van der Waals surface area contributed by atoms with Crippen molar-refractivity contribution >= 4 is 11.6 Å². The van der Waals surface area contributed by atoms with Gasteiger partial charge in [-0.05, 0) is 29.7 Å². The summed E-state index contributed by atoms with van der Waals surface area (Å²) in [5, 5.41) is 0. The molecule has 1 aliphatic heterocycles. The van der Waals surface area contributed by atoms with E-state index in [1.807, 2.05) is 30.3 Å². The number of carbonyl (C=O) groups is 1. The van der Waals surface area contributed by atoms with Crippen molar-refractivity contribution in [3.63, 3.8) is 0 Å². The van der Waals surface area contributed by atoms with E-state index in [4.69, 9.17) is 0 Å². The van der Waals surface area contributed by atoms with Crippen LogP contribution in [0.5, 0.6) is 0 Å². The molecule has 1 aliphatic rings. The minimum Gasteiger partial charge on any atom is -0.314 e. The minimum atomic E-state index is -4.40. The van der Waals surface area contributed by atoms with Gasteiger partial charge in [-0.3, -0.25) is 4.79 Å². The summed E-state index contributed by atoms with van der Waals surface area (Å²) >= 11 is 0. The van der Waals surface area contributed by atoms with E-state index in [0.717, 1.165) is 11.1 Å². The van der Waals surface area contributed by atoms with Gasteiger partial charge in [-0.15, -0.1) is 0 Å². The van der Waals surface area contributed by atoms with E-state index >= 15 is 0 Å². The summed E-state index contributed by atoms with van der Waals surface area (Å²) in [6, 6.07) is 14.7. The van der Waals surface area contributed by atoms with Crippen molar-refractivity contribution in [3.8, 4) is 11.1 Å². The van der Waals surface area contributed by atoms with Crippen LogP contribution in [-0.2, 0) is 10.2 Å². The largest absolute Gasteiger partial charge is 0.390 e. The van der Waals surface area contributed by atoms with Gasteiger partial charge < -0.3 is 4.90 Å². The maximum atomic E-state index is 12.9. The highest BCUT2D eigenvalue weighted by Crippen LogP contribution is 2.47. The molecule has 0 bridgehead atoms. The van der Waals surface area contributed by atoms with Gasteiger partial charge in [0.1, 0.15) is 0 Å². The van der Waals surface area contributed by atoms with Gasteiger partial charge in [0, 0.05) is 12.7 Å². The lowest BCUT2D eigenvalue weighted by atomic mass is 9.80. The molecule has 1 heterocycles. The number of fused-ring (bicyclic) bond motifs is 1. The normalized spacial score (nSPS) is 20.7. The number of carbonyl (C=O) groups excluding carboxylic acids is 1. The number of alkyl halides is 3. The Kier molecular flexibility index (Phi) is 3.47. The van der Waals surface area contributed by atoms with Crippen LogP contribution >= 0.6 is 0 Å². The van der Waals surface area contributed by atoms with Gasteiger partial charge in [0.2, 0.25) is 5.91 Å². The van der Waals surface area contributed by atoms with E-state index in [1.165, 1.54) is 18.9 Å². The summed E-state index contributed by atoms with van der Waals surface area (Å²) in [6.45, 7) is 1.37. The van der Waals surface area contributed by atoms with Gasteiger partial charge in [-0.2, -0.15) is 13.2 Å². The molecule has 2 nitrogen and oxygen atoms in total. The van der Waals surface area contributed by atoms with Crippen molar-refractivity contribution in [2.45, 2.75) is 24.9 Å². The topological polar surface area (TPSA) is 20.3 Å². The van der Waals surface area contributed by atoms with E-state index in [0.29, 0.717) is 11.3 Å². The molecule has 0 saturated heterocycles. The fraction of sp³-hybridized carbons (Fsp3) is 0.278. The van der Waals surface area contributed by atoms with Crippen molar-refractivity contribution in [3.05, 3.63) is 54.1 Å². The maximum absolute atomic E-state index is 12.9. The summed E-state index contributed by atoms with van der Waals surface area (Å²) in [4.78, 5) is 13.8. The molecule has 5 heteroatoms. The molecule has 2 aromatic carbocycles. The van der Waals surface area contributed by atoms with Crippen LogP contribution in [0.2, 0.25) is 0 Å². The first kappa shape index (κ1) is 15.6. The number of benzene rings is 2. The average Bonchev–Trinajstić information content (AvgIpc) is 2.68. The molecule has 120 valence electrons. The Morgan fingerprint density at radius 3 is 2.30 bits per heavy atom. The third-order valence-electron chi connectivity index (χ3n) is 4.39. The summed E-state index contributed by atoms with van der Waals surface area (Å²) < 4.78 is 38.8. The van der Waals surface area contributed by atoms with Crippen molar-refractivity contribution in [2.75, 3.05) is 11.9 Å². The minimum absolute atomic E-state index is 0.432. The van der Waals surface area contributed by atoms with Crippen LogP contribution in [0.1, 0.15) is 18.9 Å². The zero-order valence-corrected chi connectivity index (χ0v) is 12.8. The lowest BCUT2D eigenvalue weighted by Gasteiger charge is -2.24. The lowest BCUT2D eigenvalue weighted by Crippen LogP contribution is -2.39. The van der Waals surface area contributed by atoms with Crippen LogP contribution in [0.15, 0.2) is 48.5 Å². The number of amides is 1. The average molecular weight is 319 g/mol. The molecule has 1 unspecified atom stereocenters. The van der Waals surface area contributed by atoms with Crippen LogP contribution < -0.4 is 4.90 Å². The number of anilines is 1. The molecule has 0 fully saturated rings.